The SMILES string of the molecule is CCn1ncc2ccc(CCN)cc21. The molecule has 0 amide bonds. The topological polar surface area (TPSA) is 43.8 Å². The van der Waals surface area contributed by atoms with E-state index in [0.29, 0.717) is 6.54 Å². The molecule has 0 unspecified atom stereocenters. The first-order valence-electron chi connectivity index (χ1n) is 4.99. The lowest BCUT2D eigenvalue weighted by molar-refractivity contribution is 0.683. The summed E-state index contributed by atoms with van der Waals surface area (Å²) in [5.74, 6) is 0. The molecule has 0 aliphatic carbocycles. The van der Waals surface area contributed by atoms with Gasteiger partial charge in [0.05, 0.1) is 11.7 Å². The van der Waals surface area contributed by atoms with Crippen LogP contribution in [0.2, 0.25) is 0 Å². The molecule has 0 atom stereocenters. The second-order valence-corrected chi connectivity index (χ2v) is 3.39. The van der Waals surface area contributed by atoms with E-state index in [2.05, 4.69) is 30.2 Å². The third-order valence-electron chi connectivity index (χ3n) is 2.44. The molecule has 2 aromatic rings. The number of aromatic nitrogens is 2. The van der Waals surface area contributed by atoms with Crippen LogP contribution in [0.1, 0.15) is 12.5 Å². The number of rotatable bonds is 3. The van der Waals surface area contributed by atoms with Gasteiger partial charge in [-0.3, -0.25) is 4.68 Å². The van der Waals surface area contributed by atoms with Gasteiger partial charge in [0.25, 0.3) is 0 Å². The van der Waals surface area contributed by atoms with Crippen molar-refractivity contribution in [3.8, 4) is 0 Å². The van der Waals surface area contributed by atoms with Gasteiger partial charge in [-0.1, -0.05) is 12.1 Å². The van der Waals surface area contributed by atoms with E-state index in [9.17, 15) is 0 Å². The Kier molecular flexibility index (Phi) is 2.50. The Morgan fingerprint density at radius 3 is 3.00 bits per heavy atom. The van der Waals surface area contributed by atoms with Crippen LogP contribution >= 0.6 is 0 Å². The molecule has 1 aromatic carbocycles. The minimum Gasteiger partial charge on any atom is -0.330 e. The molecule has 14 heavy (non-hydrogen) atoms. The average molecular weight is 189 g/mol. The summed E-state index contributed by atoms with van der Waals surface area (Å²) in [4.78, 5) is 0. The molecule has 0 bridgehead atoms. The lowest BCUT2D eigenvalue weighted by Crippen LogP contribution is -2.03. The van der Waals surface area contributed by atoms with Crippen LogP contribution in [0, 0.1) is 0 Å². The fraction of sp³-hybridized carbons (Fsp3) is 0.364. The Bertz CT molecular complexity index is 431. The zero-order valence-corrected chi connectivity index (χ0v) is 8.40. The highest BCUT2D eigenvalue weighted by atomic mass is 15.3. The monoisotopic (exact) mass is 189 g/mol. The molecule has 0 spiro atoms. The lowest BCUT2D eigenvalue weighted by Gasteiger charge is -2.01. The summed E-state index contributed by atoms with van der Waals surface area (Å²) in [5.41, 5.74) is 8.02. The molecular weight excluding hydrogens is 174 g/mol. The molecule has 3 nitrogen and oxygen atoms in total. The Morgan fingerprint density at radius 1 is 1.43 bits per heavy atom. The molecule has 0 aliphatic rings. The first-order valence-corrected chi connectivity index (χ1v) is 4.99. The standard InChI is InChI=1S/C11H15N3/c1-2-14-11-7-9(5-6-12)3-4-10(11)8-13-14/h3-4,7-8H,2,5-6,12H2,1H3. The summed E-state index contributed by atoms with van der Waals surface area (Å²) in [7, 11) is 0. The van der Waals surface area contributed by atoms with Gasteiger partial charge in [0.15, 0.2) is 0 Å². The van der Waals surface area contributed by atoms with Gasteiger partial charge in [0.2, 0.25) is 0 Å². The molecule has 1 aromatic heterocycles. The number of benzene rings is 1. The second-order valence-electron chi connectivity index (χ2n) is 3.39. The fourth-order valence-corrected chi connectivity index (χ4v) is 1.69. The van der Waals surface area contributed by atoms with Gasteiger partial charge in [-0.15, -0.1) is 0 Å². The molecular formula is C11H15N3. The van der Waals surface area contributed by atoms with Crippen molar-refractivity contribution in [2.45, 2.75) is 19.9 Å². The van der Waals surface area contributed by atoms with Gasteiger partial charge in [-0.2, -0.15) is 5.10 Å². The largest absolute Gasteiger partial charge is 0.330 e. The average Bonchev–Trinajstić information content (AvgIpc) is 2.60. The van der Waals surface area contributed by atoms with E-state index in [1.807, 2.05) is 10.9 Å². The van der Waals surface area contributed by atoms with E-state index < -0.39 is 0 Å². The number of hydrogen-bond acceptors (Lipinski definition) is 2. The van der Waals surface area contributed by atoms with E-state index in [1.54, 1.807) is 0 Å². The third kappa shape index (κ3) is 1.51. The molecule has 3 heteroatoms. The molecule has 74 valence electrons. The van der Waals surface area contributed by atoms with Crippen LogP contribution in [0.5, 0.6) is 0 Å². The first-order chi connectivity index (χ1) is 6.85. The predicted octanol–water partition coefficient (Wildman–Crippen LogP) is 1.56. The van der Waals surface area contributed by atoms with Crippen molar-refractivity contribution in [3.05, 3.63) is 30.0 Å². The molecule has 0 radical (unpaired) electrons. The number of fused-ring (bicyclic) bond motifs is 1. The Hall–Kier alpha value is -1.35. The highest BCUT2D eigenvalue weighted by Gasteiger charge is 2.01. The normalized spacial score (nSPS) is 11.0. The Morgan fingerprint density at radius 2 is 2.29 bits per heavy atom. The maximum atomic E-state index is 5.53. The van der Waals surface area contributed by atoms with Crippen molar-refractivity contribution in [1.29, 1.82) is 0 Å². The van der Waals surface area contributed by atoms with Crippen molar-refractivity contribution in [3.63, 3.8) is 0 Å². The van der Waals surface area contributed by atoms with Gasteiger partial charge in [0, 0.05) is 11.9 Å². The summed E-state index contributed by atoms with van der Waals surface area (Å²) in [6.07, 6.45) is 2.84. The summed E-state index contributed by atoms with van der Waals surface area (Å²) >= 11 is 0. The third-order valence-corrected chi connectivity index (χ3v) is 2.44. The molecule has 2 N–H and O–H groups in total. The zero-order valence-electron chi connectivity index (χ0n) is 8.40. The summed E-state index contributed by atoms with van der Waals surface area (Å²) in [5, 5.41) is 5.50. The van der Waals surface area contributed by atoms with Crippen molar-refractivity contribution in [2.24, 2.45) is 5.73 Å². The second kappa shape index (κ2) is 3.80. The lowest BCUT2D eigenvalue weighted by atomic mass is 10.1. The van der Waals surface area contributed by atoms with Gasteiger partial charge in [-0.25, -0.2) is 0 Å². The molecule has 2 rings (SSSR count). The summed E-state index contributed by atoms with van der Waals surface area (Å²) in [6, 6.07) is 6.41. The van der Waals surface area contributed by atoms with Gasteiger partial charge in [-0.05, 0) is 31.5 Å². The van der Waals surface area contributed by atoms with Crippen LogP contribution in [-0.4, -0.2) is 16.3 Å². The van der Waals surface area contributed by atoms with Crippen molar-refractivity contribution >= 4 is 10.9 Å². The quantitative estimate of drug-likeness (QED) is 0.796. The highest BCUT2D eigenvalue weighted by Crippen LogP contribution is 2.15. The minimum absolute atomic E-state index is 0.700. The van der Waals surface area contributed by atoms with E-state index in [1.165, 1.54) is 16.5 Å². The van der Waals surface area contributed by atoms with E-state index in [0.717, 1.165) is 13.0 Å². The van der Waals surface area contributed by atoms with E-state index in [-0.39, 0.29) is 0 Å². The minimum atomic E-state index is 0.700. The van der Waals surface area contributed by atoms with Gasteiger partial charge >= 0.3 is 0 Å². The van der Waals surface area contributed by atoms with Gasteiger partial charge < -0.3 is 5.73 Å². The van der Waals surface area contributed by atoms with Gasteiger partial charge in [0.1, 0.15) is 0 Å². The molecule has 0 saturated heterocycles. The van der Waals surface area contributed by atoms with Crippen LogP contribution in [0.3, 0.4) is 0 Å². The highest BCUT2D eigenvalue weighted by molar-refractivity contribution is 5.79. The number of hydrogen-bond donors (Lipinski definition) is 1. The van der Waals surface area contributed by atoms with Crippen LogP contribution in [0.25, 0.3) is 10.9 Å². The van der Waals surface area contributed by atoms with Crippen LogP contribution in [0.4, 0.5) is 0 Å². The number of nitrogens with zero attached hydrogens (tertiary/aromatic N) is 2. The number of aryl methyl sites for hydroxylation is 1. The van der Waals surface area contributed by atoms with E-state index >= 15 is 0 Å². The Labute approximate surface area is 83.5 Å². The van der Waals surface area contributed by atoms with Crippen molar-refractivity contribution in [1.82, 2.24) is 9.78 Å². The smallest absolute Gasteiger partial charge is 0.0684 e. The molecule has 1 heterocycles. The van der Waals surface area contributed by atoms with Crippen LogP contribution in [0.15, 0.2) is 24.4 Å². The molecule has 0 saturated carbocycles. The predicted molar refractivity (Wildman–Crippen MR) is 58.2 cm³/mol. The maximum Gasteiger partial charge on any atom is 0.0684 e. The van der Waals surface area contributed by atoms with E-state index in [4.69, 9.17) is 5.73 Å². The Balaban J connectivity index is 2.50. The zero-order chi connectivity index (χ0) is 9.97. The summed E-state index contributed by atoms with van der Waals surface area (Å²) in [6.45, 7) is 3.71. The molecule has 0 fully saturated rings. The van der Waals surface area contributed by atoms with Crippen LogP contribution < -0.4 is 5.73 Å². The van der Waals surface area contributed by atoms with Crippen LogP contribution in [-0.2, 0) is 13.0 Å². The fourth-order valence-electron chi connectivity index (χ4n) is 1.69. The maximum absolute atomic E-state index is 5.53. The number of nitrogens with two attached hydrogens (primary N) is 1. The summed E-state index contributed by atoms with van der Waals surface area (Å²) < 4.78 is 2.01. The first kappa shape index (κ1) is 9.21. The van der Waals surface area contributed by atoms with Crippen molar-refractivity contribution in [2.75, 3.05) is 6.54 Å². The van der Waals surface area contributed by atoms with Crippen molar-refractivity contribution < 1.29 is 0 Å². The molecule has 0 aliphatic heterocycles.